The molecule has 14 heavy (non-hydrogen) atoms. The Hall–Kier alpha value is -1.93. The first-order chi connectivity index (χ1) is 6.81. The minimum Gasteiger partial charge on any atom is -0.267 e. The minimum atomic E-state index is -0.379. The summed E-state index contributed by atoms with van der Waals surface area (Å²) in [5, 5.41) is 11.3. The predicted molar refractivity (Wildman–Crippen MR) is 52.7 cm³/mol. The Balaban J connectivity index is 2.46. The van der Waals surface area contributed by atoms with Crippen molar-refractivity contribution in [2.45, 2.75) is 0 Å². The molecule has 0 aliphatic carbocycles. The van der Waals surface area contributed by atoms with Crippen molar-refractivity contribution in [3.63, 3.8) is 0 Å². The zero-order valence-corrected chi connectivity index (χ0v) is 7.84. The van der Waals surface area contributed by atoms with Crippen LogP contribution in [0.25, 0.3) is 10.2 Å². The average molecular weight is 203 g/mol. The third-order valence-corrected chi connectivity index (χ3v) is 2.74. The first-order valence-electron chi connectivity index (χ1n) is 3.85. The fourth-order valence-electron chi connectivity index (χ4n) is 1.10. The number of pyridine rings is 1. The van der Waals surface area contributed by atoms with E-state index in [1.54, 1.807) is 24.5 Å². The smallest absolute Gasteiger partial charge is 0.267 e. The molecule has 0 aliphatic rings. The van der Waals surface area contributed by atoms with Gasteiger partial charge in [0.15, 0.2) is 6.19 Å². The Morgan fingerprint density at radius 1 is 1.64 bits per heavy atom. The minimum absolute atomic E-state index is 0.379. The topological polar surface area (TPSA) is 65.8 Å². The molecule has 2 rings (SSSR count). The van der Waals surface area contributed by atoms with Gasteiger partial charge < -0.3 is 0 Å². The van der Waals surface area contributed by atoms with E-state index in [2.05, 4.69) is 10.3 Å². The van der Waals surface area contributed by atoms with Gasteiger partial charge in [0, 0.05) is 11.6 Å². The van der Waals surface area contributed by atoms with Crippen LogP contribution < -0.4 is 5.32 Å². The number of fused-ring (bicyclic) bond motifs is 1. The van der Waals surface area contributed by atoms with Gasteiger partial charge in [-0.1, -0.05) is 6.07 Å². The van der Waals surface area contributed by atoms with Crippen LogP contribution in [0.1, 0.15) is 9.67 Å². The Labute approximate surface area is 83.8 Å². The van der Waals surface area contributed by atoms with Crippen molar-refractivity contribution < 1.29 is 4.79 Å². The van der Waals surface area contributed by atoms with Gasteiger partial charge in [0.05, 0.1) is 4.88 Å². The summed E-state index contributed by atoms with van der Waals surface area (Å²) < 4.78 is 0. The molecule has 1 amide bonds. The number of hydrogen-bond acceptors (Lipinski definition) is 4. The quantitative estimate of drug-likeness (QED) is 0.564. The van der Waals surface area contributed by atoms with E-state index in [1.807, 2.05) is 6.07 Å². The van der Waals surface area contributed by atoms with Crippen LogP contribution in [-0.2, 0) is 0 Å². The van der Waals surface area contributed by atoms with Crippen LogP contribution in [-0.4, -0.2) is 10.9 Å². The summed E-state index contributed by atoms with van der Waals surface area (Å²) in [6.45, 7) is 0. The summed E-state index contributed by atoms with van der Waals surface area (Å²) >= 11 is 1.27. The number of carbonyl (C=O) groups excluding carboxylic acids is 1. The molecule has 0 bridgehead atoms. The number of amides is 1. The second kappa shape index (κ2) is 3.44. The first-order valence-corrected chi connectivity index (χ1v) is 4.67. The van der Waals surface area contributed by atoms with Crippen molar-refractivity contribution in [2.75, 3.05) is 0 Å². The highest BCUT2D eigenvalue weighted by Crippen LogP contribution is 2.22. The highest BCUT2D eigenvalue weighted by molar-refractivity contribution is 7.20. The van der Waals surface area contributed by atoms with Crippen LogP contribution >= 0.6 is 11.3 Å². The van der Waals surface area contributed by atoms with Gasteiger partial charge in [-0.25, -0.2) is 4.98 Å². The van der Waals surface area contributed by atoms with E-state index in [1.165, 1.54) is 11.3 Å². The molecule has 2 heterocycles. The fourth-order valence-corrected chi connectivity index (χ4v) is 1.99. The molecule has 68 valence electrons. The van der Waals surface area contributed by atoms with E-state index in [4.69, 9.17) is 5.26 Å². The van der Waals surface area contributed by atoms with E-state index < -0.39 is 0 Å². The molecule has 0 fully saturated rings. The Morgan fingerprint density at radius 3 is 3.21 bits per heavy atom. The summed E-state index contributed by atoms with van der Waals surface area (Å²) in [4.78, 5) is 16.7. The number of nitrogens with zero attached hydrogens (tertiary/aromatic N) is 2. The van der Waals surface area contributed by atoms with Gasteiger partial charge in [-0.3, -0.25) is 10.1 Å². The second-order valence-corrected chi connectivity index (χ2v) is 3.61. The monoisotopic (exact) mass is 203 g/mol. The van der Waals surface area contributed by atoms with Gasteiger partial charge in [-0.05, 0) is 12.1 Å². The van der Waals surface area contributed by atoms with Crippen molar-refractivity contribution in [3.8, 4) is 6.19 Å². The average Bonchev–Trinajstić information content (AvgIpc) is 2.61. The first kappa shape index (κ1) is 8.66. The SMILES string of the molecule is N#CNC(=O)c1cc2cccnc2s1. The van der Waals surface area contributed by atoms with Crippen LogP contribution in [0.3, 0.4) is 0 Å². The number of nitriles is 1. The molecule has 0 saturated heterocycles. The van der Waals surface area contributed by atoms with Gasteiger partial charge in [-0.2, -0.15) is 5.26 Å². The number of aromatic nitrogens is 1. The van der Waals surface area contributed by atoms with Gasteiger partial charge in [0.25, 0.3) is 5.91 Å². The molecule has 0 aromatic carbocycles. The maximum atomic E-state index is 11.3. The molecule has 4 nitrogen and oxygen atoms in total. The van der Waals surface area contributed by atoms with Crippen molar-refractivity contribution in [1.82, 2.24) is 10.3 Å². The molecule has 0 atom stereocenters. The van der Waals surface area contributed by atoms with E-state index in [-0.39, 0.29) is 5.91 Å². The summed E-state index contributed by atoms with van der Waals surface area (Å²) in [6, 6.07) is 5.41. The molecule has 1 N–H and O–H groups in total. The number of nitrogens with one attached hydrogen (secondary N) is 1. The summed E-state index contributed by atoms with van der Waals surface area (Å²) in [5.74, 6) is -0.379. The lowest BCUT2D eigenvalue weighted by molar-refractivity contribution is 0.0977. The molecule has 0 radical (unpaired) electrons. The molecule has 0 spiro atoms. The van der Waals surface area contributed by atoms with Crippen LogP contribution in [0.4, 0.5) is 0 Å². The lowest BCUT2D eigenvalue weighted by atomic mass is 10.3. The summed E-state index contributed by atoms with van der Waals surface area (Å²) in [5.41, 5.74) is 0. The van der Waals surface area contributed by atoms with Crippen molar-refractivity contribution in [3.05, 3.63) is 29.3 Å². The normalized spacial score (nSPS) is 9.64. The maximum Gasteiger partial charge on any atom is 0.274 e. The van der Waals surface area contributed by atoms with Gasteiger partial charge in [0.2, 0.25) is 0 Å². The van der Waals surface area contributed by atoms with Crippen molar-refractivity contribution in [1.29, 1.82) is 5.26 Å². The molecule has 0 aliphatic heterocycles. The predicted octanol–water partition coefficient (Wildman–Crippen LogP) is 1.51. The number of hydrogen-bond donors (Lipinski definition) is 1. The largest absolute Gasteiger partial charge is 0.274 e. The third-order valence-electron chi connectivity index (χ3n) is 1.69. The summed E-state index contributed by atoms with van der Waals surface area (Å²) in [6.07, 6.45) is 3.27. The second-order valence-electron chi connectivity index (χ2n) is 2.57. The zero-order chi connectivity index (χ0) is 9.97. The molecule has 0 unspecified atom stereocenters. The summed E-state index contributed by atoms with van der Waals surface area (Å²) in [7, 11) is 0. The Kier molecular flexibility index (Phi) is 2.13. The van der Waals surface area contributed by atoms with Gasteiger partial charge >= 0.3 is 0 Å². The lowest BCUT2D eigenvalue weighted by Crippen LogP contribution is -2.15. The van der Waals surface area contributed by atoms with Crippen LogP contribution in [0.5, 0.6) is 0 Å². The van der Waals surface area contributed by atoms with E-state index in [9.17, 15) is 4.79 Å². The Bertz CT molecular complexity index is 493. The zero-order valence-electron chi connectivity index (χ0n) is 7.02. The molecule has 0 saturated carbocycles. The lowest BCUT2D eigenvalue weighted by Gasteiger charge is -1.88. The highest BCUT2D eigenvalue weighted by Gasteiger charge is 2.09. The maximum absolute atomic E-state index is 11.3. The van der Waals surface area contributed by atoms with E-state index in [0.717, 1.165) is 10.2 Å². The molecular weight excluding hydrogens is 198 g/mol. The fraction of sp³-hybridized carbons (Fsp3) is 0. The van der Waals surface area contributed by atoms with E-state index >= 15 is 0 Å². The molecule has 2 aromatic rings. The van der Waals surface area contributed by atoms with Crippen LogP contribution in [0.2, 0.25) is 0 Å². The molecule has 5 heteroatoms. The van der Waals surface area contributed by atoms with Gasteiger partial charge in [0.1, 0.15) is 4.83 Å². The number of carbonyl (C=O) groups is 1. The number of rotatable bonds is 1. The molecule has 2 aromatic heterocycles. The highest BCUT2D eigenvalue weighted by atomic mass is 32.1. The van der Waals surface area contributed by atoms with Gasteiger partial charge in [-0.15, -0.1) is 11.3 Å². The third kappa shape index (κ3) is 1.43. The van der Waals surface area contributed by atoms with Crippen LogP contribution in [0, 0.1) is 11.5 Å². The standard InChI is InChI=1S/C9H5N3OS/c10-5-12-8(13)7-4-6-2-1-3-11-9(6)14-7/h1-4H,(H,12,13). The van der Waals surface area contributed by atoms with Crippen molar-refractivity contribution in [2.24, 2.45) is 0 Å². The van der Waals surface area contributed by atoms with Crippen molar-refractivity contribution >= 4 is 27.5 Å². The Morgan fingerprint density at radius 2 is 2.50 bits per heavy atom. The van der Waals surface area contributed by atoms with Crippen LogP contribution in [0.15, 0.2) is 24.4 Å². The van der Waals surface area contributed by atoms with E-state index in [0.29, 0.717) is 4.88 Å². The molecular formula is C9H5N3OS. The number of thiophene rings is 1.